The van der Waals surface area contributed by atoms with Gasteiger partial charge in [0.05, 0.1) is 0 Å². The van der Waals surface area contributed by atoms with Gasteiger partial charge in [-0.25, -0.2) is 0 Å². The van der Waals surface area contributed by atoms with Crippen molar-refractivity contribution in [2.75, 3.05) is 0 Å². The summed E-state index contributed by atoms with van der Waals surface area (Å²) < 4.78 is 7.56. The van der Waals surface area contributed by atoms with Crippen LogP contribution >= 0.6 is 0 Å². The van der Waals surface area contributed by atoms with Crippen molar-refractivity contribution in [3.8, 4) is 0 Å². The normalized spacial score (nSPS) is 14.2. The predicted molar refractivity (Wildman–Crippen MR) is 106 cm³/mol. The molecule has 22 heavy (non-hydrogen) atoms. The number of rotatable bonds is 9. The van der Waals surface area contributed by atoms with Crippen LogP contribution in [0.15, 0.2) is 0 Å². The van der Waals surface area contributed by atoms with Crippen molar-refractivity contribution in [1.82, 2.24) is 0 Å². The van der Waals surface area contributed by atoms with Crippen molar-refractivity contribution in [1.29, 1.82) is 0 Å². The van der Waals surface area contributed by atoms with Gasteiger partial charge in [0, 0.05) is 0 Å². The zero-order valence-electron chi connectivity index (χ0n) is 17.2. The number of hydrogen-bond donors (Lipinski definition) is 0. The van der Waals surface area contributed by atoms with Gasteiger partial charge in [-0.1, -0.05) is 0 Å². The van der Waals surface area contributed by atoms with E-state index in [0.29, 0.717) is 8.49 Å². The molecule has 1 nitrogen and oxygen atoms in total. The Bertz CT molecular complexity index is 280. The van der Waals surface area contributed by atoms with E-state index in [0.717, 1.165) is 0 Å². The summed E-state index contributed by atoms with van der Waals surface area (Å²) in [5, 5.41) is 4.59. The van der Waals surface area contributed by atoms with Crippen molar-refractivity contribution < 1.29 is 3.76 Å². The van der Waals surface area contributed by atoms with Gasteiger partial charge >= 0.3 is 151 Å². The fraction of sp³-hybridized carbons (Fsp3) is 1.00. The van der Waals surface area contributed by atoms with Gasteiger partial charge in [0.1, 0.15) is 0 Å². The minimum atomic E-state index is -1.63. The van der Waals surface area contributed by atoms with Crippen LogP contribution in [0.5, 0.6) is 0 Å². The van der Waals surface area contributed by atoms with E-state index in [1.807, 2.05) is 0 Å². The van der Waals surface area contributed by atoms with Crippen molar-refractivity contribution in [2.45, 2.75) is 118 Å². The van der Waals surface area contributed by atoms with Crippen LogP contribution in [-0.4, -0.2) is 34.6 Å². The molecule has 0 aliphatic carbocycles. The molecule has 0 aliphatic rings. The van der Waals surface area contributed by atoms with Gasteiger partial charge in [-0.15, -0.1) is 0 Å². The van der Waals surface area contributed by atoms with Crippen LogP contribution in [0.4, 0.5) is 0 Å². The van der Waals surface area contributed by atoms with Crippen molar-refractivity contribution in [2.24, 2.45) is 0 Å². The van der Waals surface area contributed by atoms with Gasteiger partial charge in [-0.2, -0.15) is 0 Å². The average molecular weight is 432 g/mol. The average Bonchev–Trinajstić information content (AvgIpc) is 2.31. The molecule has 0 unspecified atom stereocenters. The molecule has 0 saturated carbocycles. The summed E-state index contributed by atoms with van der Waals surface area (Å²) in [6, 6.07) is 0. The Labute approximate surface area is 150 Å². The molecule has 132 valence electrons. The van der Waals surface area contributed by atoms with Crippen molar-refractivity contribution >= 4 is 29.0 Å². The van der Waals surface area contributed by atoms with Crippen LogP contribution in [-0.2, 0) is 3.76 Å². The molecule has 0 aromatic heterocycles. The van der Waals surface area contributed by atoms with Crippen LogP contribution in [0.25, 0.3) is 0 Å². The Kier molecular flexibility index (Phi) is 9.96. The minimum absolute atomic E-state index is 0.0790. The van der Waals surface area contributed by atoms with E-state index >= 15 is 0 Å². The molecule has 3 heteroatoms. The summed E-state index contributed by atoms with van der Waals surface area (Å²) in [7, 11) is 0. The molecule has 0 aliphatic heterocycles. The van der Waals surface area contributed by atoms with Gasteiger partial charge in [-0.3, -0.25) is 0 Å². The van der Waals surface area contributed by atoms with Crippen LogP contribution < -0.4 is 0 Å². The third-order valence-corrected chi connectivity index (χ3v) is 18.4. The zero-order valence-corrected chi connectivity index (χ0v) is 21.3. The van der Waals surface area contributed by atoms with Crippen LogP contribution in [0.2, 0.25) is 24.3 Å². The molecule has 2 radical (unpaired) electrons. The van der Waals surface area contributed by atoms with Crippen LogP contribution in [0.1, 0.15) is 88.5 Å². The summed E-state index contributed by atoms with van der Waals surface area (Å²) >= 11 is -2.44. The summed E-state index contributed by atoms with van der Waals surface area (Å²) in [6.07, 6.45) is 4.06. The van der Waals surface area contributed by atoms with E-state index in [4.69, 9.17) is 3.76 Å². The van der Waals surface area contributed by atoms with Crippen LogP contribution in [0, 0.1) is 0 Å². The van der Waals surface area contributed by atoms with E-state index in [9.17, 15) is 0 Å². The predicted octanol–water partition coefficient (Wildman–Crippen LogP) is 7.08. The van der Waals surface area contributed by atoms with E-state index in [1.165, 1.54) is 24.5 Å². The molecule has 0 atom stereocenters. The van der Waals surface area contributed by atoms with Gasteiger partial charge in [0.25, 0.3) is 0 Å². The molecule has 0 rings (SSSR count). The first-order valence-corrected chi connectivity index (χ1v) is 16.6. The first kappa shape index (κ1) is 23.0. The topological polar surface area (TPSA) is 9.23 Å². The Morgan fingerprint density at radius 3 is 1.41 bits per heavy atom. The van der Waals surface area contributed by atoms with E-state index < -0.39 is 29.0 Å². The summed E-state index contributed by atoms with van der Waals surface area (Å²) in [4.78, 5) is 0. The standard InChI is InChI=1S/C19H42Ge2O/c1-11-14-20(15-12-2)16-13-19(9,10)22-21(17(3,4)5)18(6,7)8/h11-16H2,1-10H3. The molecule has 0 aromatic rings. The Balaban J connectivity index is 4.78. The summed E-state index contributed by atoms with van der Waals surface area (Å²) in [6.45, 7) is 23.7. The first-order chi connectivity index (χ1) is 9.83. The zero-order chi connectivity index (χ0) is 17.6. The second-order valence-corrected chi connectivity index (χ2v) is 23.8. The molecule has 0 saturated heterocycles. The molecule has 0 fully saturated rings. The summed E-state index contributed by atoms with van der Waals surface area (Å²) in [5.41, 5.74) is 0.0790. The fourth-order valence-corrected chi connectivity index (χ4v) is 17.2. The Morgan fingerprint density at radius 1 is 0.682 bits per heavy atom. The molecular weight excluding hydrogens is 389 g/mol. The monoisotopic (exact) mass is 434 g/mol. The van der Waals surface area contributed by atoms with E-state index in [2.05, 4.69) is 69.2 Å². The molecule has 0 spiro atoms. The Hall–Kier alpha value is 1.05. The van der Waals surface area contributed by atoms with Crippen molar-refractivity contribution in [3.63, 3.8) is 0 Å². The molecule has 0 aromatic carbocycles. The maximum absolute atomic E-state index is 6.87. The molecular formula is C19H42Ge2O. The third kappa shape index (κ3) is 9.37. The Morgan fingerprint density at radius 2 is 1.09 bits per heavy atom. The third-order valence-electron chi connectivity index (χ3n) is 4.03. The van der Waals surface area contributed by atoms with Gasteiger partial charge in [0.2, 0.25) is 0 Å². The molecule has 0 N–H and O–H groups in total. The van der Waals surface area contributed by atoms with Crippen LogP contribution in [0.3, 0.4) is 0 Å². The van der Waals surface area contributed by atoms with E-state index in [-0.39, 0.29) is 5.60 Å². The molecule has 0 heterocycles. The SMILES string of the molecule is CC[CH2][Ge]([CH2]CC)[CH2]CC(C)(C)[O][Ge]([C](C)(C)C)[C](C)(C)C. The quantitative estimate of drug-likeness (QED) is 0.354. The summed E-state index contributed by atoms with van der Waals surface area (Å²) in [5.74, 6) is 0. The van der Waals surface area contributed by atoms with Gasteiger partial charge in [0.15, 0.2) is 0 Å². The fourth-order valence-electron chi connectivity index (χ4n) is 3.32. The van der Waals surface area contributed by atoms with Gasteiger partial charge in [-0.05, 0) is 0 Å². The second kappa shape index (κ2) is 9.51. The second-order valence-electron chi connectivity index (χ2n) is 9.44. The van der Waals surface area contributed by atoms with Crippen molar-refractivity contribution in [3.05, 3.63) is 0 Å². The number of hydrogen-bond acceptors (Lipinski definition) is 1. The van der Waals surface area contributed by atoms with Gasteiger partial charge < -0.3 is 0 Å². The molecule has 0 bridgehead atoms. The molecule has 0 amide bonds. The maximum atomic E-state index is 6.87. The first-order valence-electron chi connectivity index (χ1n) is 9.24. The van der Waals surface area contributed by atoms with E-state index in [1.54, 1.807) is 10.5 Å².